The topological polar surface area (TPSA) is 144 Å². The lowest BCUT2D eigenvalue weighted by atomic mass is 10.1. The van der Waals surface area contributed by atoms with Crippen molar-refractivity contribution in [2.45, 2.75) is 13.3 Å². The zero-order valence-electron chi connectivity index (χ0n) is 23.4. The molecule has 0 atom stereocenters. The summed E-state index contributed by atoms with van der Waals surface area (Å²) in [7, 11) is 9.01. The molecular formula is C27H33N9O4. The normalized spacial score (nSPS) is 11.1. The molecule has 2 aromatic heterocycles. The van der Waals surface area contributed by atoms with Crippen LogP contribution >= 0.6 is 0 Å². The van der Waals surface area contributed by atoms with Crippen molar-refractivity contribution < 1.29 is 14.5 Å². The summed E-state index contributed by atoms with van der Waals surface area (Å²) in [6.45, 7) is 3.05. The molecule has 0 aliphatic carbocycles. The van der Waals surface area contributed by atoms with Gasteiger partial charge in [0.1, 0.15) is 22.8 Å². The number of nitro groups is 1. The van der Waals surface area contributed by atoms with Gasteiger partial charge in [-0.25, -0.2) is 9.97 Å². The third-order valence-corrected chi connectivity index (χ3v) is 6.40. The Kier molecular flexibility index (Phi) is 8.43. The van der Waals surface area contributed by atoms with Crippen LogP contribution in [0.2, 0.25) is 0 Å². The fraction of sp³-hybridized carbons (Fsp3) is 0.333. The Morgan fingerprint density at radius 2 is 1.88 bits per heavy atom. The second kappa shape index (κ2) is 11.9. The van der Waals surface area contributed by atoms with Crippen LogP contribution in [0.25, 0.3) is 22.3 Å². The van der Waals surface area contributed by atoms with Gasteiger partial charge in [0.05, 0.1) is 35.1 Å². The number of carbonyl (C=O) groups excluding carboxylic acids is 1. The van der Waals surface area contributed by atoms with E-state index in [-0.39, 0.29) is 24.0 Å². The molecule has 0 aliphatic heterocycles. The number of hydrogen-bond donors (Lipinski definition) is 2. The lowest BCUT2D eigenvalue weighted by Gasteiger charge is -2.22. The van der Waals surface area contributed by atoms with E-state index in [2.05, 4.69) is 20.7 Å². The highest BCUT2D eigenvalue weighted by atomic mass is 16.6. The maximum atomic E-state index is 12.3. The zero-order valence-corrected chi connectivity index (χ0v) is 23.4. The summed E-state index contributed by atoms with van der Waals surface area (Å²) in [5, 5.41) is 23.4. The van der Waals surface area contributed by atoms with Crippen molar-refractivity contribution in [1.29, 1.82) is 0 Å². The van der Waals surface area contributed by atoms with Crippen molar-refractivity contribution in [3.63, 3.8) is 0 Å². The first-order chi connectivity index (χ1) is 19.1. The quantitative estimate of drug-likeness (QED) is 0.209. The molecule has 4 rings (SSSR count). The molecule has 13 nitrogen and oxygen atoms in total. The minimum atomic E-state index is -0.429. The van der Waals surface area contributed by atoms with E-state index in [0.717, 1.165) is 17.4 Å². The molecule has 13 heteroatoms. The van der Waals surface area contributed by atoms with Crippen LogP contribution < -0.4 is 20.3 Å². The molecule has 40 heavy (non-hydrogen) atoms. The third-order valence-electron chi connectivity index (χ3n) is 6.40. The molecule has 2 aromatic carbocycles. The molecule has 0 aliphatic rings. The molecule has 0 unspecified atom stereocenters. The van der Waals surface area contributed by atoms with Gasteiger partial charge in [0.25, 0.3) is 5.69 Å². The van der Waals surface area contributed by atoms with Crippen LogP contribution in [-0.2, 0) is 11.8 Å². The van der Waals surface area contributed by atoms with Crippen molar-refractivity contribution in [3.8, 4) is 17.1 Å². The number of carbonyl (C=O) groups is 1. The molecule has 210 valence electrons. The van der Waals surface area contributed by atoms with Gasteiger partial charge < -0.3 is 25.2 Å². The highest BCUT2D eigenvalue weighted by molar-refractivity contribution is 5.99. The fourth-order valence-electron chi connectivity index (χ4n) is 4.21. The summed E-state index contributed by atoms with van der Waals surface area (Å²) >= 11 is 0. The van der Waals surface area contributed by atoms with E-state index >= 15 is 0 Å². The van der Waals surface area contributed by atoms with Gasteiger partial charge in [0.15, 0.2) is 0 Å². The lowest BCUT2D eigenvalue weighted by Crippen LogP contribution is -2.29. The molecule has 2 N–H and O–H groups in total. The SMILES string of the molecule is CCC(=O)Nc1cnc(Nc2cc([N+](=O)[O-])c(N(C)CCN(C)C)cc2OC)nc1-c1nn(C)c2ccccc12. The van der Waals surface area contributed by atoms with Gasteiger partial charge in [-0.15, -0.1) is 0 Å². The van der Waals surface area contributed by atoms with Crippen LogP contribution in [0.5, 0.6) is 5.75 Å². The standard InChI is InChI=1S/C27H33N9O4/c1-7-24(37)29-19-16-28-27(31-26(19)25-17-10-8-9-11-20(17)35(5)32-25)30-18-14-22(36(38)39)21(15-23(18)40-6)34(4)13-12-33(2)3/h8-11,14-16H,7,12-13H2,1-6H3,(H,29,37)(H,28,30,31). The van der Waals surface area contributed by atoms with Gasteiger partial charge in [0.2, 0.25) is 11.9 Å². The molecule has 1 amide bonds. The van der Waals surface area contributed by atoms with Crippen LogP contribution in [0.4, 0.5) is 28.7 Å². The Morgan fingerprint density at radius 3 is 2.55 bits per heavy atom. The number of nitrogens with zero attached hydrogens (tertiary/aromatic N) is 7. The van der Waals surface area contributed by atoms with Crippen LogP contribution in [0.3, 0.4) is 0 Å². The molecule has 0 spiro atoms. The van der Waals surface area contributed by atoms with E-state index < -0.39 is 4.92 Å². The molecule has 0 fully saturated rings. The Morgan fingerprint density at radius 1 is 1.12 bits per heavy atom. The van der Waals surface area contributed by atoms with Crippen LogP contribution in [0.1, 0.15) is 13.3 Å². The van der Waals surface area contributed by atoms with Crippen LogP contribution in [-0.4, -0.2) is 76.8 Å². The van der Waals surface area contributed by atoms with Gasteiger partial charge in [0, 0.05) is 51.1 Å². The Hall–Kier alpha value is -4.78. The third kappa shape index (κ3) is 5.94. The predicted octanol–water partition coefficient (Wildman–Crippen LogP) is 4.04. The van der Waals surface area contributed by atoms with Crippen molar-refractivity contribution in [2.24, 2.45) is 7.05 Å². The summed E-state index contributed by atoms with van der Waals surface area (Å²) in [5.41, 5.74) is 2.92. The highest BCUT2D eigenvalue weighted by Gasteiger charge is 2.23. The van der Waals surface area contributed by atoms with Gasteiger partial charge in [-0.3, -0.25) is 19.6 Å². The molecule has 2 heterocycles. The van der Waals surface area contributed by atoms with Crippen molar-refractivity contribution in [1.82, 2.24) is 24.6 Å². The number of hydrogen-bond acceptors (Lipinski definition) is 10. The largest absolute Gasteiger partial charge is 0.494 e. The minimum absolute atomic E-state index is 0.0904. The van der Waals surface area contributed by atoms with E-state index in [0.29, 0.717) is 40.7 Å². The number of nitrogens with one attached hydrogen (secondary N) is 2. The Bertz CT molecular complexity index is 1550. The summed E-state index contributed by atoms with van der Waals surface area (Å²) in [6, 6.07) is 10.7. The molecule has 0 saturated carbocycles. The van der Waals surface area contributed by atoms with Gasteiger partial charge in [-0.2, -0.15) is 5.10 Å². The molecule has 0 radical (unpaired) electrons. The number of para-hydroxylation sites is 1. The monoisotopic (exact) mass is 547 g/mol. The van der Waals surface area contributed by atoms with Gasteiger partial charge >= 0.3 is 0 Å². The number of anilines is 4. The number of benzene rings is 2. The maximum absolute atomic E-state index is 12.3. The number of rotatable bonds is 11. The molecule has 0 bridgehead atoms. The van der Waals surface area contributed by atoms with Gasteiger partial charge in [-0.05, 0) is 20.2 Å². The van der Waals surface area contributed by atoms with E-state index in [1.165, 1.54) is 19.4 Å². The second-order valence-electron chi connectivity index (χ2n) is 9.50. The minimum Gasteiger partial charge on any atom is -0.494 e. The number of ether oxygens (including phenoxy) is 1. The van der Waals surface area contributed by atoms with Crippen molar-refractivity contribution in [3.05, 3.63) is 52.7 Å². The zero-order chi connectivity index (χ0) is 29.0. The molecule has 0 saturated heterocycles. The Balaban J connectivity index is 1.79. The predicted molar refractivity (Wildman–Crippen MR) is 155 cm³/mol. The van der Waals surface area contributed by atoms with Crippen LogP contribution in [0.15, 0.2) is 42.6 Å². The lowest BCUT2D eigenvalue weighted by molar-refractivity contribution is -0.384. The summed E-state index contributed by atoms with van der Waals surface area (Å²) < 4.78 is 7.32. The van der Waals surface area contributed by atoms with E-state index in [1.54, 1.807) is 24.7 Å². The summed E-state index contributed by atoms with van der Waals surface area (Å²) in [4.78, 5) is 36.8. The highest BCUT2D eigenvalue weighted by Crippen LogP contribution is 2.39. The Labute approximate surface area is 231 Å². The van der Waals surface area contributed by atoms with E-state index in [9.17, 15) is 14.9 Å². The molecule has 4 aromatic rings. The number of aryl methyl sites for hydroxylation is 1. The van der Waals surface area contributed by atoms with Crippen molar-refractivity contribution >= 4 is 45.5 Å². The van der Waals surface area contributed by atoms with Crippen molar-refractivity contribution in [2.75, 3.05) is 56.9 Å². The second-order valence-corrected chi connectivity index (χ2v) is 9.50. The number of fused-ring (bicyclic) bond motifs is 1. The number of likely N-dealkylation sites (N-methyl/N-ethyl adjacent to an activating group) is 2. The average Bonchev–Trinajstić information content (AvgIpc) is 3.28. The maximum Gasteiger partial charge on any atom is 0.294 e. The first-order valence-corrected chi connectivity index (χ1v) is 12.7. The molecular weight excluding hydrogens is 514 g/mol. The average molecular weight is 548 g/mol. The fourth-order valence-corrected chi connectivity index (χ4v) is 4.21. The van der Waals surface area contributed by atoms with Gasteiger partial charge in [-0.1, -0.05) is 25.1 Å². The first kappa shape index (κ1) is 28.2. The van der Waals surface area contributed by atoms with E-state index in [4.69, 9.17) is 9.72 Å². The summed E-state index contributed by atoms with van der Waals surface area (Å²) in [6.07, 6.45) is 1.77. The number of aromatic nitrogens is 4. The van der Waals surface area contributed by atoms with Crippen LogP contribution in [0, 0.1) is 10.1 Å². The van der Waals surface area contributed by atoms with E-state index in [1.807, 2.05) is 55.2 Å². The number of amides is 1. The smallest absolute Gasteiger partial charge is 0.294 e. The first-order valence-electron chi connectivity index (χ1n) is 12.7. The number of nitro benzene ring substituents is 1. The number of methoxy groups -OCH3 is 1. The summed E-state index contributed by atoms with van der Waals surface area (Å²) in [5.74, 6) is 0.340.